The third kappa shape index (κ3) is 3.84. The van der Waals surface area contributed by atoms with Crippen molar-refractivity contribution < 1.29 is 14.3 Å². The van der Waals surface area contributed by atoms with Crippen LogP contribution in [0.25, 0.3) is 6.08 Å². The molecule has 1 aliphatic heterocycles. The highest BCUT2D eigenvalue weighted by Crippen LogP contribution is 2.19. The first-order valence-corrected chi connectivity index (χ1v) is 7.01. The fourth-order valence-corrected chi connectivity index (χ4v) is 2.19. The molecule has 1 unspecified atom stereocenters. The van der Waals surface area contributed by atoms with Gasteiger partial charge in [-0.1, -0.05) is 18.2 Å². The minimum absolute atomic E-state index is 0.0199. The summed E-state index contributed by atoms with van der Waals surface area (Å²) in [5.74, 6) is 0.820. The van der Waals surface area contributed by atoms with E-state index in [0.717, 1.165) is 11.3 Å². The Labute approximate surface area is 120 Å². The fourth-order valence-electron chi connectivity index (χ4n) is 2.19. The monoisotopic (exact) mass is 275 g/mol. The average Bonchev–Trinajstić information content (AvgIpc) is 2.46. The molecule has 1 aromatic rings. The van der Waals surface area contributed by atoms with Crippen molar-refractivity contribution in [3.8, 4) is 5.75 Å². The molecule has 0 aromatic heterocycles. The SMILES string of the molecule is CCOc1ccccc1/C=C/C(=O)N1CCOC(C)C1. The van der Waals surface area contributed by atoms with Crippen LogP contribution in [-0.4, -0.2) is 43.2 Å². The van der Waals surface area contributed by atoms with Crippen molar-refractivity contribution in [2.45, 2.75) is 20.0 Å². The molecule has 1 fully saturated rings. The highest BCUT2D eigenvalue weighted by Gasteiger charge is 2.19. The van der Waals surface area contributed by atoms with E-state index in [0.29, 0.717) is 26.3 Å². The summed E-state index contributed by atoms with van der Waals surface area (Å²) >= 11 is 0. The number of ether oxygens (including phenoxy) is 2. The molecule has 1 heterocycles. The standard InChI is InChI=1S/C16H21NO3/c1-3-19-15-7-5-4-6-14(15)8-9-16(18)17-10-11-20-13(2)12-17/h4-9,13H,3,10-12H2,1-2H3/b9-8+. The van der Waals surface area contributed by atoms with Gasteiger partial charge in [-0.3, -0.25) is 4.79 Å². The van der Waals surface area contributed by atoms with Crippen LogP contribution in [0.5, 0.6) is 5.75 Å². The van der Waals surface area contributed by atoms with Crippen molar-refractivity contribution in [2.24, 2.45) is 0 Å². The fraction of sp³-hybridized carbons (Fsp3) is 0.438. The summed E-state index contributed by atoms with van der Waals surface area (Å²) in [5.41, 5.74) is 0.920. The average molecular weight is 275 g/mol. The Hall–Kier alpha value is -1.81. The number of amides is 1. The maximum atomic E-state index is 12.1. The molecule has 4 heteroatoms. The van der Waals surface area contributed by atoms with Gasteiger partial charge in [-0.25, -0.2) is 0 Å². The van der Waals surface area contributed by atoms with Crippen molar-refractivity contribution in [2.75, 3.05) is 26.3 Å². The number of nitrogens with zero attached hydrogens (tertiary/aromatic N) is 1. The summed E-state index contributed by atoms with van der Waals surface area (Å²) in [6.07, 6.45) is 3.53. The van der Waals surface area contributed by atoms with E-state index in [9.17, 15) is 4.79 Å². The Morgan fingerprint density at radius 2 is 2.30 bits per heavy atom. The van der Waals surface area contributed by atoms with Crippen molar-refractivity contribution >= 4 is 12.0 Å². The zero-order valence-electron chi connectivity index (χ0n) is 12.0. The second-order valence-corrected chi connectivity index (χ2v) is 4.77. The number of para-hydroxylation sites is 1. The van der Waals surface area contributed by atoms with Crippen molar-refractivity contribution in [1.29, 1.82) is 0 Å². The molecule has 0 radical (unpaired) electrons. The number of hydrogen-bond acceptors (Lipinski definition) is 3. The first-order valence-electron chi connectivity index (χ1n) is 7.01. The second kappa shape index (κ2) is 7.10. The van der Waals surface area contributed by atoms with Gasteiger partial charge in [0.15, 0.2) is 0 Å². The Balaban J connectivity index is 2.03. The maximum absolute atomic E-state index is 12.1. The van der Waals surface area contributed by atoms with Gasteiger partial charge >= 0.3 is 0 Å². The van der Waals surface area contributed by atoms with E-state index in [4.69, 9.17) is 9.47 Å². The van der Waals surface area contributed by atoms with E-state index in [1.165, 1.54) is 0 Å². The van der Waals surface area contributed by atoms with E-state index in [2.05, 4.69) is 0 Å². The van der Waals surface area contributed by atoms with Gasteiger partial charge in [-0.2, -0.15) is 0 Å². The smallest absolute Gasteiger partial charge is 0.246 e. The third-order valence-corrected chi connectivity index (χ3v) is 3.18. The molecule has 108 valence electrons. The van der Waals surface area contributed by atoms with Crippen molar-refractivity contribution in [1.82, 2.24) is 4.90 Å². The van der Waals surface area contributed by atoms with Crippen LogP contribution in [0.3, 0.4) is 0 Å². The quantitative estimate of drug-likeness (QED) is 0.792. The molecule has 0 bridgehead atoms. The second-order valence-electron chi connectivity index (χ2n) is 4.77. The zero-order valence-corrected chi connectivity index (χ0v) is 12.0. The van der Waals surface area contributed by atoms with Crippen LogP contribution in [0.1, 0.15) is 19.4 Å². The Bertz CT molecular complexity index is 484. The normalized spacial score (nSPS) is 19.3. The molecule has 1 aromatic carbocycles. The summed E-state index contributed by atoms with van der Waals surface area (Å²) in [6, 6.07) is 7.71. The summed E-state index contributed by atoms with van der Waals surface area (Å²) in [7, 11) is 0. The van der Waals surface area contributed by atoms with Crippen LogP contribution in [0.2, 0.25) is 0 Å². The molecule has 20 heavy (non-hydrogen) atoms. The van der Waals surface area contributed by atoms with Gasteiger partial charge in [0.05, 0.1) is 19.3 Å². The minimum Gasteiger partial charge on any atom is -0.493 e. The number of morpholine rings is 1. The lowest BCUT2D eigenvalue weighted by Crippen LogP contribution is -2.43. The number of carbonyl (C=O) groups is 1. The van der Waals surface area contributed by atoms with Crippen LogP contribution in [0.4, 0.5) is 0 Å². The molecule has 1 atom stereocenters. The van der Waals surface area contributed by atoms with E-state index >= 15 is 0 Å². The molecule has 0 aliphatic carbocycles. The van der Waals surface area contributed by atoms with Crippen molar-refractivity contribution in [3.05, 3.63) is 35.9 Å². The van der Waals surface area contributed by atoms with Gasteiger partial charge in [0, 0.05) is 24.7 Å². The first kappa shape index (κ1) is 14.6. The van der Waals surface area contributed by atoms with E-state index in [1.54, 1.807) is 6.08 Å². The highest BCUT2D eigenvalue weighted by molar-refractivity contribution is 5.92. The molecule has 2 rings (SSSR count). The number of rotatable bonds is 4. The summed E-state index contributed by atoms with van der Waals surface area (Å²) in [4.78, 5) is 13.9. The third-order valence-electron chi connectivity index (χ3n) is 3.18. The van der Waals surface area contributed by atoms with Crippen LogP contribution < -0.4 is 4.74 Å². The van der Waals surface area contributed by atoms with E-state index < -0.39 is 0 Å². The lowest BCUT2D eigenvalue weighted by Gasteiger charge is -2.30. The Morgan fingerprint density at radius 1 is 1.50 bits per heavy atom. The number of benzene rings is 1. The van der Waals surface area contributed by atoms with Gasteiger partial charge in [-0.15, -0.1) is 0 Å². The largest absolute Gasteiger partial charge is 0.493 e. The van der Waals surface area contributed by atoms with Crippen LogP contribution in [0, 0.1) is 0 Å². The van der Waals surface area contributed by atoms with Crippen molar-refractivity contribution in [3.63, 3.8) is 0 Å². The summed E-state index contributed by atoms with van der Waals surface area (Å²) in [5, 5.41) is 0. The predicted molar refractivity (Wildman–Crippen MR) is 78.6 cm³/mol. The molecular formula is C16H21NO3. The first-order chi connectivity index (χ1) is 9.70. The van der Waals surface area contributed by atoms with Gasteiger partial charge in [0.1, 0.15) is 5.75 Å². The lowest BCUT2D eigenvalue weighted by atomic mass is 10.2. The molecular weight excluding hydrogens is 254 g/mol. The topological polar surface area (TPSA) is 38.8 Å². The van der Waals surface area contributed by atoms with Crippen LogP contribution in [0.15, 0.2) is 30.3 Å². The predicted octanol–water partition coefficient (Wildman–Crippen LogP) is 2.35. The lowest BCUT2D eigenvalue weighted by molar-refractivity contribution is -0.132. The van der Waals surface area contributed by atoms with E-state index in [1.807, 2.05) is 49.1 Å². The van der Waals surface area contributed by atoms with Crippen LogP contribution in [-0.2, 0) is 9.53 Å². The summed E-state index contributed by atoms with van der Waals surface area (Å²) < 4.78 is 11.0. The number of hydrogen-bond donors (Lipinski definition) is 0. The van der Waals surface area contributed by atoms with Gasteiger partial charge in [-0.05, 0) is 26.0 Å². The molecule has 1 saturated heterocycles. The van der Waals surface area contributed by atoms with Gasteiger partial charge < -0.3 is 14.4 Å². The molecule has 0 N–H and O–H groups in total. The molecule has 4 nitrogen and oxygen atoms in total. The molecule has 1 aliphatic rings. The number of carbonyl (C=O) groups excluding carboxylic acids is 1. The Kier molecular flexibility index (Phi) is 5.18. The van der Waals surface area contributed by atoms with E-state index in [-0.39, 0.29) is 12.0 Å². The minimum atomic E-state index is 0.0199. The van der Waals surface area contributed by atoms with Crippen LogP contribution >= 0.6 is 0 Å². The maximum Gasteiger partial charge on any atom is 0.246 e. The molecule has 0 spiro atoms. The van der Waals surface area contributed by atoms with Gasteiger partial charge in [0.2, 0.25) is 5.91 Å². The zero-order chi connectivity index (χ0) is 14.4. The molecule has 1 amide bonds. The van der Waals surface area contributed by atoms with Gasteiger partial charge in [0.25, 0.3) is 0 Å². The summed E-state index contributed by atoms with van der Waals surface area (Å²) in [6.45, 7) is 6.45. The molecule has 0 saturated carbocycles. The highest BCUT2D eigenvalue weighted by atomic mass is 16.5. The Morgan fingerprint density at radius 3 is 3.05 bits per heavy atom.